The molecule has 1 aliphatic carbocycles. The molecule has 0 spiro atoms. The van der Waals surface area contributed by atoms with Gasteiger partial charge in [-0.15, -0.1) is 0 Å². The number of hydrogen-bond donors (Lipinski definition) is 0. The van der Waals surface area contributed by atoms with Gasteiger partial charge in [0.05, 0.1) is 9.79 Å². The van der Waals surface area contributed by atoms with Gasteiger partial charge in [-0.3, -0.25) is 0 Å². The average molecular weight is 437 g/mol. The van der Waals surface area contributed by atoms with Crippen LogP contribution in [0.2, 0.25) is 0 Å². The summed E-state index contributed by atoms with van der Waals surface area (Å²) in [6.45, 7) is 0. The van der Waals surface area contributed by atoms with Crippen molar-refractivity contribution in [3.05, 3.63) is 102 Å². The Hall–Kier alpha value is -3.36. The van der Waals surface area contributed by atoms with Crippen molar-refractivity contribution in [1.29, 1.82) is 0 Å². The maximum atomic E-state index is 12.9. The van der Waals surface area contributed by atoms with Crippen molar-refractivity contribution >= 4 is 37.5 Å². The summed E-state index contributed by atoms with van der Waals surface area (Å²) in [6, 6.07) is 22.5. The standard InChI is InChI=1S/C22H16N2O4S2/c25-29(26,18-10-3-1-4-11-18)23-21-16-15-17-9-7-8-14-20(17)22(21)24-30(27,28)19-12-5-2-6-13-19/h1-16H/b23-21+,24-22-. The van der Waals surface area contributed by atoms with Crippen LogP contribution in [0, 0.1) is 0 Å². The highest BCUT2D eigenvalue weighted by atomic mass is 32.2. The number of rotatable bonds is 4. The molecule has 0 unspecified atom stereocenters. The van der Waals surface area contributed by atoms with E-state index in [4.69, 9.17) is 0 Å². The monoisotopic (exact) mass is 436 g/mol. The lowest BCUT2D eigenvalue weighted by molar-refractivity contribution is 0.596. The predicted molar refractivity (Wildman–Crippen MR) is 117 cm³/mol. The van der Waals surface area contributed by atoms with Gasteiger partial charge < -0.3 is 0 Å². The van der Waals surface area contributed by atoms with E-state index in [2.05, 4.69) is 8.80 Å². The van der Waals surface area contributed by atoms with Gasteiger partial charge in [-0.1, -0.05) is 66.7 Å². The summed E-state index contributed by atoms with van der Waals surface area (Å²) in [7, 11) is -8.13. The maximum Gasteiger partial charge on any atom is 0.282 e. The first-order chi connectivity index (χ1) is 14.4. The smallest absolute Gasteiger partial charge is 0.199 e. The maximum absolute atomic E-state index is 12.9. The second kappa shape index (κ2) is 7.81. The van der Waals surface area contributed by atoms with E-state index < -0.39 is 20.0 Å². The summed E-state index contributed by atoms with van der Waals surface area (Å²) < 4.78 is 59.2. The molecule has 1 aliphatic rings. The molecule has 0 N–H and O–H groups in total. The third-order valence-corrected chi connectivity index (χ3v) is 6.99. The molecule has 0 fully saturated rings. The summed E-state index contributed by atoms with van der Waals surface area (Å²) in [5, 5.41) is 0. The third-order valence-electron chi connectivity index (χ3n) is 4.39. The van der Waals surface area contributed by atoms with Gasteiger partial charge in [0.2, 0.25) is 0 Å². The average Bonchev–Trinajstić information content (AvgIpc) is 2.76. The fourth-order valence-corrected chi connectivity index (χ4v) is 5.00. The van der Waals surface area contributed by atoms with Gasteiger partial charge >= 0.3 is 0 Å². The molecule has 3 aromatic rings. The molecule has 0 aromatic heterocycles. The Labute approximate surface area is 175 Å². The molecule has 8 heteroatoms. The van der Waals surface area contributed by atoms with Crippen LogP contribution in [0.5, 0.6) is 0 Å². The predicted octanol–water partition coefficient (Wildman–Crippen LogP) is 3.72. The summed E-state index contributed by atoms with van der Waals surface area (Å²) in [5.41, 5.74) is 1.14. The van der Waals surface area contributed by atoms with Crippen LogP contribution in [0.1, 0.15) is 11.1 Å². The van der Waals surface area contributed by atoms with Gasteiger partial charge in [0.25, 0.3) is 20.0 Å². The van der Waals surface area contributed by atoms with E-state index in [-0.39, 0.29) is 21.2 Å². The SMILES string of the molecule is O=S(=O)(/N=C1\C(=N\S(=O)(=O)c2ccccc2)C=Cc2ccccc21)c1ccccc1. The van der Waals surface area contributed by atoms with Gasteiger partial charge in [-0.2, -0.15) is 25.6 Å². The number of hydrogen-bond acceptors (Lipinski definition) is 4. The molecule has 0 saturated heterocycles. The highest BCUT2D eigenvalue weighted by molar-refractivity contribution is 7.91. The van der Waals surface area contributed by atoms with Crippen LogP contribution in [0.3, 0.4) is 0 Å². The first-order valence-electron chi connectivity index (χ1n) is 8.95. The lowest BCUT2D eigenvalue weighted by Crippen LogP contribution is -2.21. The molecule has 4 rings (SSSR count). The Kier molecular flexibility index (Phi) is 5.19. The van der Waals surface area contributed by atoms with Gasteiger partial charge in [0.15, 0.2) is 0 Å². The normalized spacial score (nSPS) is 16.5. The Morgan fingerprint density at radius 2 is 1.03 bits per heavy atom. The van der Waals surface area contributed by atoms with Crippen molar-refractivity contribution < 1.29 is 16.8 Å². The van der Waals surface area contributed by atoms with Gasteiger partial charge in [0.1, 0.15) is 11.4 Å². The largest absolute Gasteiger partial charge is 0.282 e. The van der Waals surface area contributed by atoms with Crippen LogP contribution in [0.15, 0.2) is 110 Å². The van der Waals surface area contributed by atoms with Crippen LogP contribution in [0.4, 0.5) is 0 Å². The van der Waals surface area contributed by atoms with E-state index in [0.29, 0.717) is 5.56 Å². The minimum Gasteiger partial charge on any atom is -0.199 e. The summed E-state index contributed by atoms with van der Waals surface area (Å²) in [5.74, 6) is 0. The summed E-state index contributed by atoms with van der Waals surface area (Å²) in [4.78, 5) is 0.0184. The number of nitrogens with zero attached hydrogens (tertiary/aromatic N) is 2. The van der Waals surface area contributed by atoms with Crippen molar-refractivity contribution in [2.45, 2.75) is 9.79 Å². The van der Waals surface area contributed by atoms with Crippen molar-refractivity contribution in [1.82, 2.24) is 0 Å². The highest BCUT2D eigenvalue weighted by Gasteiger charge is 2.24. The zero-order valence-corrected chi connectivity index (χ0v) is 17.2. The second-order valence-corrected chi connectivity index (χ2v) is 9.62. The number of benzene rings is 3. The first kappa shape index (κ1) is 19.9. The first-order valence-corrected chi connectivity index (χ1v) is 11.8. The molecule has 0 bridgehead atoms. The van der Waals surface area contributed by atoms with Crippen LogP contribution < -0.4 is 0 Å². The van der Waals surface area contributed by atoms with E-state index in [9.17, 15) is 16.8 Å². The van der Waals surface area contributed by atoms with Crippen LogP contribution in [-0.2, 0) is 20.0 Å². The number of sulfonamides is 2. The van der Waals surface area contributed by atoms with Crippen LogP contribution in [-0.4, -0.2) is 28.3 Å². The zero-order valence-electron chi connectivity index (χ0n) is 15.6. The minimum absolute atomic E-state index is 0.00907. The fraction of sp³-hybridized carbons (Fsp3) is 0. The van der Waals surface area contributed by atoms with E-state index in [1.807, 2.05) is 0 Å². The quantitative estimate of drug-likeness (QED) is 0.623. The van der Waals surface area contributed by atoms with Crippen molar-refractivity contribution in [2.24, 2.45) is 8.80 Å². The molecule has 0 radical (unpaired) electrons. The minimum atomic E-state index is -4.08. The van der Waals surface area contributed by atoms with Crippen molar-refractivity contribution in [3.63, 3.8) is 0 Å². The highest BCUT2D eigenvalue weighted by Crippen LogP contribution is 2.23. The Bertz CT molecular complexity index is 1390. The third kappa shape index (κ3) is 4.00. The Morgan fingerprint density at radius 3 is 1.63 bits per heavy atom. The molecular weight excluding hydrogens is 420 g/mol. The Balaban J connectivity index is 1.91. The summed E-state index contributed by atoms with van der Waals surface area (Å²) in [6.07, 6.45) is 3.14. The van der Waals surface area contributed by atoms with E-state index in [1.54, 1.807) is 66.7 Å². The molecule has 6 nitrogen and oxygen atoms in total. The molecule has 0 atom stereocenters. The van der Waals surface area contributed by atoms with Gasteiger partial charge in [0, 0.05) is 5.56 Å². The van der Waals surface area contributed by atoms with E-state index >= 15 is 0 Å². The van der Waals surface area contributed by atoms with Crippen LogP contribution >= 0.6 is 0 Å². The molecule has 0 heterocycles. The van der Waals surface area contributed by atoms with Gasteiger partial charge in [-0.05, 0) is 35.9 Å². The van der Waals surface area contributed by atoms with E-state index in [0.717, 1.165) is 5.56 Å². The molecule has 30 heavy (non-hydrogen) atoms. The molecular formula is C22H16N2O4S2. The lowest BCUT2D eigenvalue weighted by Gasteiger charge is -2.15. The van der Waals surface area contributed by atoms with Crippen molar-refractivity contribution in [3.8, 4) is 0 Å². The fourth-order valence-electron chi connectivity index (χ4n) is 2.95. The molecule has 3 aromatic carbocycles. The van der Waals surface area contributed by atoms with Crippen molar-refractivity contribution in [2.75, 3.05) is 0 Å². The molecule has 0 aliphatic heterocycles. The summed E-state index contributed by atoms with van der Waals surface area (Å²) >= 11 is 0. The molecule has 150 valence electrons. The lowest BCUT2D eigenvalue weighted by atomic mass is 9.94. The zero-order chi connectivity index (χ0) is 21.2. The topological polar surface area (TPSA) is 93.0 Å². The second-order valence-electron chi connectivity index (χ2n) is 6.41. The number of fused-ring (bicyclic) bond motifs is 1. The Morgan fingerprint density at radius 1 is 0.533 bits per heavy atom. The molecule has 0 saturated carbocycles. The van der Waals surface area contributed by atoms with Crippen LogP contribution in [0.25, 0.3) is 6.08 Å². The molecule has 0 amide bonds. The van der Waals surface area contributed by atoms with E-state index in [1.165, 1.54) is 30.3 Å². The number of allylic oxidation sites excluding steroid dienone is 1. The van der Waals surface area contributed by atoms with Gasteiger partial charge in [-0.25, -0.2) is 0 Å².